The molecule has 0 saturated carbocycles. The highest BCUT2D eigenvalue weighted by atomic mass is 16.6. The minimum Gasteiger partial charge on any atom is -0.486 e. The number of amides is 2. The molecular formula is C20H19NO4. The van der Waals surface area contributed by atoms with Gasteiger partial charge in [0.05, 0.1) is 17.7 Å². The Bertz CT molecular complexity index is 769. The molecule has 0 aromatic heterocycles. The number of benzene rings is 1. The van der Waals surface area contributed by atoms with Gasteiger partial charge in [0.1, 0.15) is 6.61 Å². The number of rotatable bonds is 4. The first-order chi connectivity index (χ1) is 12.2. The Kier molecular flexibility index (Phi) is 4.84. The van der Waals surface area contributed by atoms with E-state index in [1.54, 1.807) is 42.5 Å². The Morgan fingerprint density at radius 1 is 1.16 bits per heavy atom. The summed E-state index contributed by atoms with van der Waals surface area (Å²) in [6, 6.07) is 6.82. The van der Waals surface area contributed by atoms with Crippen molar-refractivity contribution in [1.82, 2.24) is 4.90 Å². The second kappa shape index (κ2) is 7.21. The number of ether oxygens (including phenoxy) is 2. The van der Waals surface area contributed by atoms with Crippen LogP contribution in [0.1, 0.15) is 27.6 Å². The van der Waals surface area contributed by atoms with Crippen LogP contribution in [0, 0.1) is 0 Å². The Morgan fingerprint density at radius 2 is 1.84 bits per heavy atom. The highest BCUT2D eigenvalue weighted by Crippen LogP contribution is 2.26. The lowest BCUT2D eigenvalue weighted by molar-refractivity contribution is -0.0184. The normalized spacial score (nSPS) is 23.1. The van der Waals surface area contributed by atoms with Gasteiger partial charge in [0.2, 0.25) is 0 Å². The lowest BCUT2D eigenvalue weighted by atomic mass is 10.1. The van der Waals surface area contributed by atoms with Crippen LogP contribution >= 0.6 is 0 Å². The number of hydrogen-bond acceptors (Lipinski definition) is 4. The zero-order valence-electron chi connectivity index (χ0n) is 14.0. The van der Waals surface area contributed by atoms with Gasteiger partial charge in [0.15, 0.2) is 17.6 Å². The summed E-state index contributed by atoms with van der Waals surface area (Å²) in [5.41, 5.74) is 0.861. The number of carbonyl (C=O) groups excluding carboxylic acids is 2. The molecule has 1 atom stereocenters. The third-order valence-corrected chi connectivity index (χ3v) is 3.93. The van der Waals surface area contributed by atoms with Gasteiger partial charge in [-0.2, -0.15) is 0 Å². The zero-order chi connectivity index (χ0) is 17.8. The highest BCUT2D eigenvalue weighted by molar-refractivity contribution is 6.21. The number of hydrogen-bond donors (Lipinski definition) is 0. The van der Waals surface area contributed by atoms with Gasteiger partial charge in [-0.05, 0) is 31.2 Å². The molecule has 2 amide bonds. The summed E-state index contributed by atoms with van der Waals surface area (Å²) >= 11 is 0. The second-order valence-corrected chi connectivity index (χ2v) is 5.64. The molecular weight excluding hydrogens is 318 g/mol. The zero-order valence-corrected chi connectivity index (χ0v) is 14.0. The Balaban J connectivity index is 1.75. The van der Waals surface area contributed by atoms with E-state index in [9.17, 15) is 9.59 Å². The Hall–Kier alpha value is -3.08. The number of nitrogens with zero attached hydrogens (tertiary/aromatic N) is 1. The molecule has 0 spiro atoms. The third kappa shape index (κ3) is 3.26. The summed E-state index contributed by atoms with van der Waals surface area (Å²) in [5, 5.41) is 0. The first-order valence-electron chi connectivity index (χ1n) is 8.06. The van der Waals surface area contributed by atoms with Crippen LogP contribution in [-0.2, 0) is 9.47 Å². The van der Waals surface area contributed by atoms with Crippen LogP contribution in [0.2, 0.25) is 0 Å². The molecule has 1 aromatic carbocycles. The van der Waals surface area contributed by atoms with Crippen molar-refractivity contribution in [1.29, 1.82) is 0 Å². The minimum atomic E-state index is -0.434. The number of fused-ring (bicyclic) bond motifs is 1. The first kappa shape index (κ1) is 16.8. The van der Waals surface area contributed by atoms with E-state index in [1.807, 2.05) is 19.1 Å². The topological polar surface area (TPSA) is 55.8 Å². The van der Waals surface area contributed by atoms with Crippen molar-refractivity contribution in [2.45, 2.75) is 13.0 Å². The minimum absolute atomic E-state index is 0.137. The van der Waals surface area contributed by atoms with Crippen molar-refractivity contribution in [2.75, 3.05) is 13.2 Å². The third-order valence-electron chi connectivity index (χ3n) is 3.93. The van der Waals surface area contributed by atoms with Crippen molar-refractivity contribution >= 4 is 11.8 Å². The smallest absolute Gasteiger partial charge is 0.261 e. The fourth-order valence-corrected chi connectivity index (χ4v) is 2.77. The van der Waals surface area contributed by atoms with Gasteiger partial charge in [-0.1, -0.05) is 36.9 Å². The average molecular weight is 337 g/mol. The van der Waals surface area contributed by atoms with E-state index in [0.29, 0.717) is 22.6 Å². The van der Waals surface area contributed by atoms with Gasteiger partial charge in [0.25, 0.3) is 11.8 Å². The van der Waals surface area contributed by atoms with Gasteiger partial charge in [0, 0.05) is 0 Å². The van der Waals surface area contributed by atoms with Crippen LogP contribution < -0.4 is 0 Å². The van der Waals surface area contributed by atoms with Crippen molar-refractivity contribution in [3.63, 3.8) is 0 Å². The summed E-state index contributed by atoms with van der Waals surface area (Å²) in [7, 11) is 0. The molecule has 1 unspecified atom stereocenters. The number of carbonyl (C=O) groups is 2. The molecule has 3 rings (SSSR count). The van der Waals surface area contributed by atoms with Crippen LogP contribution in [0.15, 0.2) is 72.7 Å². The molecule has 0 aliphatic carbocycles. The van der Waals surface area contributed by atoms with Crippen LogP contribution in [0.5, 0.6) is 0 Å². The van der Waals surface area contributed by atoms with E-state index in [4.69, 9.17) is 9.47 Å². The fraction of sp³-hybridized carbons (Fsp3) is 0.200. The van der Waals surface area contributed by atoms with E-state index in [0.717, 1.165) is 0 Å². The summed E-state index contributed by atoms with van der Waals surface area (Å²) in [5.74, 6) is 0.528. The maximum atomic E-state index is 12.5. The van der Waals surface area contributed by atoms with Gasteiger partial charge < -0.3 is 9.47 Å². The van der Waals surface area contributed by atoms with Crippen LogP contribution in [0.25, 0.3) is 0 Å². The molecule has 2 heterocycles. The maximum absolute atomic E-state index is 12.5. The lowest BCUT2D eigenvalue weighted by Gasteiger charge is -2.30. The van der Waals surface area contributed by atoms with E-state index in [1.165, 1.54) is 4.90 Å². The van der Waals surface area contributed by atoms with Crippen molar-refractivity contribution in [3.05, 3.63) is 83.9 Å². The molecule has 1 saturated heterocycles. The predicted molar refractivity (Wildman–Crippen MR) is 93.8 cm³/mol. The SMILES string of the molecule is C=C/C=C1/OC(CN2C(=O)c3ccccc3C2=O)CO/C1=C/C=C\C. The van der Waals surface area contributed by atoms with E-state index >= 15 is 0 Å². The van der Waals surface area contributed by atoms with E-state index < -0.39 is 6.10 Å². The molecule has 1 fully saturated rings. The number of allylic oxidation sites excluding steroid dienone is 5. The van der Waals surface area contributed by atoms with Gasteiger partial charge >= 0.3 is 0 Å². The molecule has 1 aromatic rings. The monoisotopic (exact) mass is 337 g/mol. The van der Waals surface area contributed by atoms with Gasteiger partial charge in [-0.15, -0.1) is 0 Å². The molecule has 0 bridgehead atoms. The predicted octanol–water partition coefficient (Wildman–Crippen LogP) is 3.23. The first-order valence-corrected chi connectivity index (χ1v) is 8.06. The van der Waals surface area contributed by atoms with Crippen molar-refractivity contribution in [3.8, 4) is 0 Å². The summed E-state index contributed by atoms with van der Waals surface area (Å²) < 4.78 is 11.6. The largest absolute Gasteiger partial charge is 0.486 e. The van der Waals surface area contributed by atoms with Gasteiger partial charge in [-0.3, -0.25) is 14.5 Å². The average Bonchev–Trinajstić information content (AvgIpc) is 2.87. The summed E-state index contributed by atoms with van der Waals surface area (Å²) in [4.78, 5) is 26.1. The molecule has 128 valence electrons. The fourth-order valence-electron chi connectivity index (χ4n) is 2.77. The molecule has 2 aliphatic heterocycles. The van der Waals surface area contributed by atoms with Crippen molar-refractivity contribution < 1.29 is 19.1 Å². The van der Waals surface area contributed by atoms with E-state index in [-0.39, 0.29) is 25.0 Å². The lowest BCUT2D eigenvalue weighted by Crippen LogP contribution is -2.41. The summed E-state index contributed by atoms with van der Waals surface area (Å²) in [6.45, 7) is 5.97. The number of imide groups is 1. The van der Waals surface area contributed by atoms with Crippen molar-refractivity contribution in [2.24, 2.45) is 0 Å². The standard InChI is InChI=1S/C20H19NO4/c1-3-5-11-17-18(8-4-2)25-14(13-24-17)12-21-19(22)15-9-6-7-10-16(15)20(21)23/h3-11,14H,2,12-13H2,1H3/b5-3-,17-11+,18-8+. The quantitative estimate of drug-likeness (QED) is 0.792. The Labute approximate surface area is 146 Å². The van der Waals surface area contributed by atoms with Gasteiger partial charge in [-0.25, -0.2) is 0 Å². The highest BCUT2D eigenvalue weighted by Gasteiger charge is 2.38. The molecule has 5 heteroatoms. The molecule has 2 aliphatic rings. The maximum Gasteiger partial charge on any atom is 0.261 e. The second-order valence-electron chi connectivity index (χ2n) is 5.64. The molecule has 25 heavy (non-hydrogen) atoms. The summed E-state index contributed by atoms with van der Waals surface area (Å²) in [6.07, 6.45) is 8.40. The molecule has 0 N–H and O–H groups in total. The van der Waals surface area contributed by atoms with Crippen LogP contribution in [0.4, 0.5) is 0 Å². The van der Waals surface area contributed by atoms with Crippen LogP contribution in [-0.4, -0.2) is 36.0 Å². The van der Waals surface area contributed by atoms with Crippen LogP contribution in [0.3, 0.4) is 0 Å². The molecule has 0 radical (unpaired) electrons. The van der Waals surface area contributed by atoms with E-state index in [2.05, 4.69) is 6.58 Å². The molecule has 5 nitrogen and oxygen atoms in total. The Morgan fingerprint density at radius 3 is 2.44 bits per heavy atom.